The Balaban J connectivity index is 1.36. The number of hydrogen-bond donors (Lipinski definition) is 2. The van der Waals surface area contributed by atoms with Gasteiger partial charge in [-0.1, -0.05) is 53.8 Å². The van der Waals surface area contributed by atoms with E-state index < -0.39 is 0 Å². The Hall–Kier alpha value is -3.17. The molecule has 9 heteroatoms. The minimum Gasteiger partial charge on any atom is -0.358 e. The van der Waals surface area contributed by atoms with Gasteiger partial charge in [0.15, 0.2) is 10.9 Å². The molecule has 4 aromatic rings. The van der Waals surface area contributed by atoms with E-state index in [1.165, 1.54) is 11.3 Å². The maximum absolute atomic E-state index is 12.3. The maximum Gasteiger partial charge on any atom is 0.257 e. The zero-order valence-electron chi connectivity index (χ0n) is 15.8. The van der Waals surface area contributed by atoms with E-state index in [1.54, 1.807) is 10.6 Å². The van der Waals surface area contributed by atoms with E-state index in [-0.39, 0.29) is 5.91 Å². The lowest BCUT2D eigenvalue weighted by molar-refractivity contribution is 0.0976. The molecule has 4 rings (SSSR count). The van der Waals surface area contributed by atoms with Crippen molar-refractivity contribution in [2.24, 2.45) is 0 Å². The fraction of sp³-hybridized carbons (Fsp3) is 0.150. The fourth-order valence-electron chi connectivity index (χ4n) is 2.82. The summed E-state index contributed by atoms with van der Waals surface area (Å²) in [7, 11) is 0. The Labute approximate surface area is 176 Å². The summed E-state index contributed by atoms with van der Waals surface area (Å²) in [5, 5.41) is 19.6. The molecule has 0 aliphatic rings. The number of hydrogen-bond acceptors (Lipinski definition) is 6. The number of aryl methyl sites for hydroxylation is 2. The fourth-order valence-corrected chi connectivity index (χ4v) is 3.88. The number of carbonyl (C=O) groups excluding carboxylic acids is 1. The van der Waals surface area contributed by atoms with Crippen LogP contribution in [0.15, 0.2) is 48.5 Å². The van der Waals surface area contributed by atoms with Crippen LogP contribution in [-0.4, -0.2) is 30.8 Å². The van der Waals surface area contributed by atoms with Crippen LogP contribution in [0.2, 0.25) is 0 Å². The van der Waals surface area contributed by atoms with Crippen LogP contribution in [0.3, 0.4) is 0 Å². The van der Waals surface area contributed by atoms with Crippen LogP contribution in [0.25, 0.3) is 15.5 Å². The lowest BCUT2D eigenvalue weighted by atomic mass is 10.1. The van der Waals surface area contributed by atoms with Crippen molar-refractivity contribution in [1.82, 2.24) is 30.4 Å². The van der Waals surface area contributed by atoms with Crippen LogP contribution in [0.4, 0.5) is 0 Å². The summed E-state index contributed by atoms with van der Waals surface area (Å²) in [6.45, 7) is 4.28. The second-order valence-electron chi connectivity index (χ2n) is 6.50. The predicted molar refractivity (Wildman–Crippen MR) is 117 cm³/mol. The number of nitrogens with zero attached hydrogens (tertiary/aromatic N) is 4. The van der Waals surface area contributed by atoms with E-state index in [0.29, 0.717) is 17.2 Å². The lowest BCUT2D eigenvalue weighted by Gasteiger charge is -2.11. The molecule has 2 N–H and O–H groups in total. The molecule has 0 aliphatic heterocycles. The smallest absolute Gasteiger partial charge is 0.257 e. The van der Waals surface area contributed by atoms with Crippen LogP contribution in [0.1, 0.15) is 27.3 Å². The number of thiocarbonyl (C=S) groups is 1. The van der Waals surface area contributed by atoms with Gasteiger partial charge in [0.05, 0.1) is 0 Å². The Morgan fingerprint density at radius 1 is 1.10 bits per heavy atom. The van der Waals surface area contributed by atoms with Crippen molar-refractivity contribution in [2.75, 3.05) is 0 Å². The van der Waals surface area contributed by atoms with Gasteiger partial charge < -0.3 is 5.32 Å². The highest BCUT2D eigenvalue weighted by Crippen LogP contribution is 2.25. The SMILES string of the molecule is Cc1ccccc1C(=O)NC(=S)NCc1ccc(-c2nn3c(C)nnc3s2)cc1. The van der Waals surface area contributed by atoms with Crippen LogP contribution in [-0.2, 0) is 6.54 Å². The van der Waals surface area contributed by atoms with Crippen molar-refractivity contribution in [3.05, 3.63) is 71.0 Å². The number of amides is 1. The minimum absolute atomic E-state index is 0.213. The Morgan fingerprint density at radius 3 is 2.59 bits per heavy atom. The van der Waals surface area contributed by atoms with Gasteiger partial charge in [-0.05, 0) is 43.3 Å². The zero-order chi connectivity index (χ0) is 20.4. The number of rotatable bonds is 4. The number of benzene rings is 2. The summed E-state index contributed by atoms with van der Waals surface area (Å²) in [5.74, 6) is 0.555. The van der Waals surface area contributed by atoms with Crippen LogP contribution >= 0.6 is 23.6 Å². The van der Waals surface area contributed by atoms with E-state index >= 15 is 0 Å². The third-order valence-electron chi connectivity index (χ3n) is 4.42. The predicted octanol–water partition coefficient (Wildman–Crippen LogP) is 3.27. The molecule has 29 heavy (non-hydrogen) atoms. The average Bonchev–Trinajstić information content (AvgIpc) is 3.29. The van der Waals surface area contributed by atoms with Gasteiger partial charge in [0.1, 0.15) is 5.01 Å². The Morgan fingerprint density at radius 2 is 1.86 bits per heavy atom. The van der Waals surface area contributed by atoms with Gasteiger partial charge in [0.2, 0.25) is 4.96 Å². The molecule has 7 nitrogen and oxygen atoms in total. The van der Waals surface area contributed by atoms with Crippen molar-refractivity contribution in [3.63, 3.8) is 0 Å². The minimum atomic E-state index is -0.213. The highest BCUT2D eigenvalue weighted by Gasteiger charge is 2.11. The first kappa shape index (κ1) is 19.2. The van der Waals surface area contributed by atoms with Gasteiger partial charge in [-0.15, -0.1) is 10.2 Å². The second kappa shape index (κ2) is 8.06. The van der Waals surface area contributed by atoms with Crippen molar-refractivity contribution in [2.45, 2.75) is 20.4 Å². The maximum atomic E-state index is 12.3. The van der Waals surface area contributed by atoms with Crippen LogP contribution in [0.5, 0.6) is 0 Å². The molecule has 0 bridgehead atoms. The van der Waals surface area contributed by atoms with Gasteiger partial charge in [0.25, 0.3) is 5.91 Å². The van der Waals surface area contributed by atoms with Gasteiger partial charge in [-0.25, -0.2) is 0 Å². The van der Waals surface area contributed by atoms with Crippen molar-refractivity contribution < 1.29 is 4.79 Å². The topological polar surface area (TPSA) is 84.2 Å². The first-order valence-electron chi connectivity index (χ1n) is 8.94. The molecular weight excluding hydrogens is 404 g/mol. The third-order valence-corrected chi connectivity index (χ3v) is 5.61. The zero-order valence-corrected chi connectivity index (χ0v) is 17.5. The lowest BCUT2D eigenvalue weighted by Crippen LogP contribution is -2.39. The quantitative estimate of drug-likeness (QED) is 0.491. The normalized spacial score (nSPS) is 10.8. The first-order valence-corrected chi connectivity index (χ1v) is 10.2. The van der Waals surface area contributed by atoms with Crippen molar-refractivity contribution in [3.8, 4) is 10.6 Å². The Kier molecular flexibility index (Phi) is 5.32. The number of fused-ring (bicyclic) bond motifs is 1. The molecular formula is C20H18N6OS2. The summed E-state index contributed by atoms with van der Waals surface area (Å²) in [6, 6.07) is 15.4. The molecule has 0 atom stereocenters. The highest BCUT2D eigenvalue weighted by molar-refractivity contribution is 7.80. The van der Waals surface area contributed by atoms with Gasteiger partial charge >= 0.3 is 0 Å². The third kappa shape index (κ3) is 4.15. The molecule has 0 unspecified atom stereocenters. The number of nitrogens with one attached hydrogen (secondary N) is 2. The first-order chi connectivity index (χ1) is 14.0. The Bertz CT molecular complexity index is 1200. The molecule has 2 aromatic heterocycles. The van der Waals surface area contributed by atoms with Gasteiger partial charge in [-0.3, -0.25) is 10.1 Å². The van der Waals surface area contributed by atoms with Crippen molar-refractivity contribution >= 4 is 39.5 Å². The van der Waals surface area contributed by atoms with Crippen LogP contribution < -0.4 is 10.6 Å². The molecule has 0 saturated carbocycles. The van der Waals surface area contributed by atoms with E-state index in [9.17, 15) is 4.79 Å². The molecule has 0 aliphatic carbocycles. The molecule has 2 heterocycles. The summed E-state index contributed by atoms with van der Waals surface area (Å²) in [6.07, 6.45) is 0. The highest BCUT2D eigenvalue weighted by atomic mass is 32.1. The molecule has 0 fully saturated rings. The standard InChI is InChI=1S/C20H18N6OS2/c1-12-5-3-4-6-16(12)17(27)22-19(28)21-11-14-7-9-15(10-8-14)18-25-26-13(2)23-24-20(26)29-18/h3-10H,11H2,1-2H3,(H2,21,22,27,28). The number of aromatic nitrogens is 4. The molecule has 0 spiro atoms. The van der Waals surface area contributed by atoms with E-state index in [2.05, 4.69) is 25.9 Å². The number of carbonyl (C=O) groups is 1. The second-order valence-corrected chi connectivity index (χ2v) is 7.86. The molecule has 0 saturated heterocycles. The molecule has 146 valence electrons. The largest absolute Gasteiger partial charge is 0.358 e. The molecule has 0 radical (unpaired) electrons. The van der Waals surface area contributed by atoms with Gasteiger partial charge in [-0.2, -0.15) is 9.61 Å². The summed E-state index contributed by atoms with van der Waals surface area (Å²) < 4.78 is 1.74. The van der Waals surface area contributed by atoms with E-state index in [1.807, 2.05) is 56.3 Å². The average molecular weight is 423 g/mol. The van der Waals surface area contributed by atoms with Gasteiger partial charge in [0, 0.05) is 17.7 Å². The summed E-state index contributed by atoms with van der Waals surface area (Å²) in [4.78, 5) is 13.1. The van der Waals surface area contributed by atoms with Crippen LogP contribution in [0, 0.1) is 13.8 Å². The van der Waals surface area contributed by atoms with Crippen molar-refractivity contribution in [1.29, 1.82) is 0 Å². The monoisotopic (exact) mass is 422 g/mol. The molecule has 2 aromatic carbocycles. The molecule has 1 amide bonds. The van der Waals surface area contributed by atoms with E-state index in [4.69, 9.17) is 12.2 Å². The summed E-state index contributed by atoms with van der Waals surface area (Å²) >= 11 is 6.74. The summed E-state index contributed by atoms with van der Waals surface area (Å²) in [5.41, 5.74) is 3.57. The van der Waals surface area contributed by atoms with E-state index in [0.717, 1.165) is 32.5 Å².